The molecular formula is C16H18INO2. The van der Waals surface area contributed by atoms with Crippen molar-refractivity contribution in [1.82, 2.24) is 0 Å². The Bertz CT molecular complexity index is 621. The molecule has 106 valence electrons. The van der Waals surface area contributed by atoms with Crippen LogP contribution in [0.4, 0.5) is 5.69 Å². The van der Waals surface area contributed by atoms with Crippen molar-refractivity contribution in [2.45, 2.75) is 33.1 Å². The second kappa shape index (κ2) is 5.60. The second-order valence-corrected chi connectivity index (χ2v) is 7.04. The van der Waals surface area contributed by atoms with Gasteiger partial charge >= 0.3 is 0 Å². The number of hydrogen-bond acceptors (Lipinski definition) is 2. The smallest absolute Gasteiger partial charge is 0.259 e. The third kappa shape index (κ3) is 3.42. The maximum Gasteiger partial charge on any atom is 0.259 e. The number of carbonyl (C=O) groups excluding carboxylic acids is 1. The Morgan fingerprint density at radius 2 is 1.80 bits per heavy atom. The molecule has 1 N–H and O–H groups in total. The van der Waals surface area contributed by atoms with Gasteiger partial charge in [-0.1, -0.05) is 20.8 Å². The zero-order valence-corrected chi connectivity index (χ0v) is 14.2. The number of anilines is 1. The Kier molecular flexibility index (Phi) is 4.22. The molecule has 0 spiro atoms. The van der Waals surface area contributed by atoms with Crippen LogP contribution in [0, 0.1) is 10.5 Å². The summed E-state index contributed by atoms with van der Waals surface area (Å²) in [4.78, 5) is 12.3. The fraction of sp³-hybridized carbons (Fsp3) is 0.312. The van der Waals surface area contributed by atoms with Gasteiger partial charge in [0, 0.05) is 14.7 Å². The monoisotopic (exact) mass is 383 g/mol. The first-order chi connectivity index (χ1) is 9.27. The van der Waals surface area contributed by atoms with E-state index in [1.165, 1.54) is 0 Å². The van der Waals surface area contributed by atoms with Crippen molar-refractivity contribution in [2.75, 3.05) is 5.32 Å². The van der Waals surface area contributed by atoms with E-state index in [1.807, 2.05) is 37.3 Å². The van der Waals surface area contributed by atoms with Crippen molar-refractivity contribution in [3.63, 3.8) is 0 Å². The molecule has 0 saturated carbocycles. The number of halogens is 1. The number of rotatable bonds is 2. The third-order valence-electron chi connectivity index (χ3n) is 3.00. The number of benzene rings is 1. The highest BCUT2D eigenvalue weighted by Gasteiger charge is 2.23. The minimum Gasteiger partial charge on any atom is -0.465 e. The molecule has 2 aromatic rings. The van der Waals surface area contributed by atoms with Gasteiger partial charge in [0.1, 0.15) is 11.5 Å². The maximum absolute atomic E-state index is 12.3. The largest absolute Gasteiger partial charge is 0.465 e. The van der Waals surface area contributed by atoms with Crippen LogP contribution < -0.4 is 5.32 Å². The molecule has 1 aromatic carbocycles. The summed E-state index contributed by atoms with van der Waals surface area (Å²) >= 11 is 2.23. The molecule has 0 bridgehead atoms. The SMILES string of the molecule is Cc1oc(C(C)(C)C)cc1C(=O)Nc1ccc(I)cc1. The molecule has 0 unspecified atom stereocenters. The Labute approximate surface area is 132 Å². The number of carbonyl (C=O) groups is 1. The molecule has 1 amide bonds. The van der Waals surface area contributed by atoms with Crippen LogP contribution in [0.5, 0.6) is 0 Å². The van der Waals surface area contributed by atoms with Crippen molar-refractivity contribution < 1.29 is 9.21 Å². The topological polar surface area (TPSA) is 42.2 Å². The fourth-order valence-corrected chi connectivity index (χ4v) is 2.17. The number of hydrogen-bond donors (Lipinski definition) is 1. The van der Waals surface area contributed by atoms with Gasteiger partial charge in [0.25, 0.3) is 5.91 Å². The average Bonchev–Trinajstić information content (AvgIpc) is 2.74. The van der Waals surface area contributed by atoms with Gasteiger partial charge in [0.05, 0.1) is 5.56 Å². The van der Waals surface area contributed by atoms with Crippen LogP contribution in [0.3, 0.4) is 0 Å². The van der Waals surface area contributed by atoms with E-state index in [0.29, 0.717) is 11.3 Å². The van der Waals surface area contributed by atoms with Crippen molar-refractivity contribution in [1.29, 1.82) is 0 Å². The van der Waals surface area contributed by atoms with Gasteiger partial charge in [-0.3, -0.25) is 4.79 Å². The van der Waals surface area contributed by atoms with Gasteiger partial charge in [-0.05, 0) is 59.8 Å². The van der Waals surface area contributed by atoms with Crippen LogP contribution in [0.25, 0.3) is 0 Å². The predicted octanol–water partition coefficient (Wildman–Crippen LogP) is 4.74. The van der Waals surface area contributed by atoms with Crippen LogP contribution in [0.1, 0.15) is 42.6 Å². The first kappa shape index (κ1) is 15.1. The highest BCUT2D eigenvalue weighted by atomic mass is 127. The number of aryl methyl sites for hydroxylation is 1. The van der Waals surface area contributed by atoms with Crippen LogP contribution in [-0.2, 0) is 5.41 Å². The zero-order valence-electron chi connectivity index (χ0n) is 12.1. The predicted molar refractivity (Wildman–Crippen MR) is 89.3 cm³/mol. The minimum absolute atomic E-state index is 0.105. The van der Waals surface area contributed by atoms with Gasteiger partial charge in [-0.2, -0.15) is 0 Å². The molecule has 0 radical (unpaired) electrons. The van der Waals surface area contributed by atoms with E-state index in [-0.39, 0.29) is 11.3 Å². The van der Waals surface area contributed by atoms with E-state index in [2.05, 4.69) is 48.7 Å². The van der Waals surface area contributed by atoms with Crippen LogP contribution >= 0.6 is 22.6 Å². The van der Waals surface area contributed by atoms with Crippen molar-refractivity contribution in [3.8, 4) is 0 Å². The molecule has 0 aliphatic heterocycles. The molecule has 0 atom stereocenters. The molecule has 0 saturated heterocycles. The van der Waals surface area contributed by atoms with Crippen LogP contribution in [0.15, 0.2) is 34.7 Å². The van der Waals surface area contributed by atoms with E-state index < -0.39 is 0 Å². The van der Waals surface area contributed by atoms with E-state index in [1.54, 1.807) is 0 Å². The Morgan fingerprint density at radius 1 is 1.20 bits per heavy atom. The van der Waals surface area contributed by atoms with Crippen molar-refractivity contribution >= 4 is 34.2 Å². The molecule has 2 rings (SSSR count). The summed E-state index contributed by atoms with van der Waals surface area (Å²) in [5.41, 5.74) is 1.27. The molecule has 0 fully saturated rings. The van der Waals surface area contributed by atoms with Crippen molar-refractivity contribution in [3.05, 3.63) is 51.0 Å². The van der Waals surface area contributed by atoms with Crippen LogP contribution in [0.2, 0.25) is 0 Å². The maximum atomic E-state index is 12.3. The number of nitrogens with one attached hydrogen (secondary N) is 1. The third-order valence-corrected chi connectivity index (χ3v) is 3.72. The molecule has 3 nitrogen and oxygen atoms in total. The molecule has 4 heteroatoms. The lowest BCUT2D eigenvalue weighted by Gasteiger charge is -2.13. The lowest BCUT2D eigenvalue weighted by Crippen LogP contribution is -2.13. The normalized spacial score (nSPS) is 11.4. The van der Waals surface area contributed by atoms with Crippen LogP contribution in [-0.4, -0.2) is 5.91 Å². The number of amides is 1. The minimum atomic E-state index is -0.136. The van der Waals surface area contributed by atoms with Gasteiger partial charge in [-0.15, -0.1) is 0 Å². The second-order valence-electron chi connectivity index (χ2n) is 5.79. The average molecular weight is 383 g/mol. The Balaban J connectivity index is 2.21. The number of furan rings is 1. The standard InChI is InChI=1S/C16H18INO2/c1-10-13(9-14(20-10)16(2,3)4)15(19)18-12-7-5-11(17)6-8-12/h5-9H,1-4H3,(H,18,19). The molecule has 1 aromatic heterocycles. The molecule has 1 heterocycles. The quantitative estimate of drug-likeness (QED) is 0.761. The summed E-state index contributed by atoms with van der Waals surface area (Å²) in [6.07, 6.45) is 0. The molecule has 0 aliphatic carbocycles. The molecule has 0 aliphatic rings. The highest BCUT2D eigenvalue weighted by molar-refractivity contribution is 14.1. The highest BCUT2D eigenvalue weighted by Crippen LogP contribution is 2.27. The van der Waals surface area contributed by atoms with E-state index in [4.69, 9.17) is 4.42 Å². The van der Waals surface area contributed by atoms with Crippen molar-refractivity contribution in [2.24, 2.45) is 0 Å². The first-order valence-corrected chi connectivity index (χ1v) is 7.53. The Morgan fingerprint density at radius 3 is 2.30 bits per heavy atom. The summed E-state index contributed by atoms with van der Waals surface area (Å²) in [6.45, 7) is 8.00. The van der Waals surface area contributed by atoms with E-state index >= 15 is 0 Å². The summed E-state index contributed by atoms with van der Waals surface area (Å²) in [6, 6.07) is 9.52. The Hall–Kier alpha value is -1.30. The summed E-state index contributed by atoms with van der Waals surface area (Å²) < 4.78 is 6.83. The lowest BCUT2D eigenvalue weighted by atomic mass is 9.93. The van der Waals surface area contributed by atoms with Gasteiger partial charge in [-0.25, -0.2) is 0 Å². The summed E-state index contributed by atoms with van der Waals surface area (Å²) in [7, 11) is 0. The van der Waals surface area contributed by atoms with Gasteiger partial charge < -0.3 is 9.73 Å². The molecular weight excluding hydrogens is 365 g/mol. The summed E-state index contributed by atoms with van der Waals surface area (Å²) in [5.74, 6) is 1.34. The lowest BCUT2D eigenvalue weighted by molar-refractivity contribution is 0.102. The fourth-order valence-electron chi connectivity index (χ4n) is 1.81. The summed E-state index contributed by atoms with van der Waals surface area (Å²) in [5, 5.41) is 2.89. The van der Waals surface area contributed by atoms with E-state index in [9.17, 15) is 4.79 Å². The zero-order chi connectivity index (χ0) is 14.9. The van der Waals surface area contributed by atoms with Gasteiger partial charge in [0.2, 0.25) is 0 Å². The van der Waals surface area contributed by atoms with E-state index in [0.717, 1.165) is 15.0 Å². The van der Waals surface area contributed by atoms with Gasteiger partial charge in [0.15, 0.2) is 0 Å². The first-order valence-electron chi connectivity index (χ1n) is 6.45. The molecule has 20 heavy (non-hydrogen) atoms.